The summed E-state index contributed by atoms with van der Waals surface area (Å²) in [7, 11) is -1.35. The molecule has 0 unspecified atom stereocenters. The van der Waals surface area contributed by atoms with Crippen LogP contribution >= 0.6 is 0 Å². The number of hydrogen-bond acceptors (Lipinski definition) is 0. The lowest BCUT2D eigenvalue weighted by Gasteiger charge is -2.29. The van der Waals surface area contributed by atoms with E-state index < -0.39 is 8.07 Å². The molecule has 0 saturated heterocycles. The van der Waals surface area contributed by atoms with E-state index >= 15 is 0 Å². The topological polar surface area (TPSA) is 0 Å². The molecule has 0 amide bonds. The molecule has 0 atom stereocenters. The molecule has 0 aromatic heterocycles. The number of unbranched alkanes of at least 4 members (excludes halogenated alkanes) is 10. The molecule has 0 aromatic rings. The summed E-state index contributed by atoms with van der Waals surface area (Å²) >= 11 is 0. The molecule has 0 aliphatic rings. The van der Waals surface area contributed by atoms with Crippen LogP contribution < -0.4 is 0 Å². The van der Waals surface area contributed by atoms with Gasteiger partial charge in [-0.25, -0.2) is 0 Å². The van der Waals surface area contributed by atoms with E-state index in [9.17, 15) is 0 Å². The van der Waals surface area contributed by atoms with Crippen LogP contribution in [0.15, 0.2) is 36.1 Å². The zero-order chi connectivity index (χ0) is 18.8. The molecule has 1 heteroatoms. The number of rotatable bonds is 17. The Bertz CT molecular complexity index is 348. The van der Waals surface area contributed by atoms with Gasteiger partial charge < -0.3 is 0 Å². The van der Waals surface area contributed by atoms with Crippen LogP contribution in [0.3, 0.4) is 0 Å². The molecule has 25 heavy (non-hydrogen) atoms. The quantitative estimate of drug-likeness (QED) is 0.137. The van der Waals surface area contributed by atoms with Gasteiger partial charge >= 0.3 is 0 Å². The van der Waals surface area contributed by atoms with E-state index in [1.54, 1.807) is 5.20 Å². The summed E-state index contributed by atoms with van der Waals surface area (Å²) in [6, 6.07) is 2.91. The first-order valence-electron chi connectivity index (χ1n) is 11.1. The van der Waals surface area contributed by atoms with Crippen molar-refractivity contribution in [3.05, 3.63) is 36.1 Å². The summed E-state index contributed by atoms with van der Waals surface area (Å²) in [5, 5.41) is 1.62. The third-order valence-electron chi connectivity index (χ3n) is 5.50. The van der Waals surface area contributed by atoms with Crippen LogP contribution in [0, 0.1) is 0 Å². The predicted molar refractivity (Wildman–Crippen MR) is 121 cm³/mol. The minimum atomic E-state index is -1.35. The summed E-state index contributed by atoms with van der Waals surface area (Å²) in [4.78, 5) is 0. The average molecular weight is 363 g/mol. The highest BCUT2D eigenvalue weighted by molar-refractivity contribution is 6.86. The minimum Gasteiger partial charge on any atom is -0.0991 e. The van der Waals surface area contributed by atoms with Crippen molar-refractivity contribution in [3.63, 3.8) is 0 Å². The van der Waals surface area contributed by atoms with Crippen molar-refractivity contribution in [1.29, 1.82) is 0 Å². The second-order valence-electron chi connectivity index (χ2n) is 7.95. The van der Waals surface area contributed by atoms with Gasteiger partial charge in [0.1, 0.15) is 0 Å². The van der Waals surface area contributed by atoms with Gasteiger partial charge in [-0.15, -0.1) is 0 Å². The van der Waals surface area contributed by atoms with E-state index in [-0.39, 0.29) is 0 Å². The van der Waals surface area contributed by atoms with Crippen molar-refractivity contribution < 1.29 is 0 Å². The molecule has 0 fully saturated rings. The third kappa shape index (κ3) is 12.4. The molecule has 0 aliphatic heterocycles. The van der Waals surface area contributed by atoms with Crippen LogP contribution in [-0.4, -0.2) is 8.07 Å². The van der Waals surface area contributed by atoms with Crippen LogP contribution in [0.25, 0.3) is 0 Å². The lowest BCUT2D eigenvalue weighted by atomic mass is 10.1. The van der Waals surface area contributed by atoms with E-state index in [1.165, 1.54) is 89.1 Å². The van der Waals surface area contributed by atoms with Crippen LogP contribution in [0.2, 0.25) is 18.6 Å². The zero-order valence-electron chi connectivity index (χ0n) is 17.9. The Hall–Kier alpha value is -0.563. The molecule has 0 radical (unpaired) electrons. The Morgan fingerprint density at radius 3 is 1.60 bits per heavy atom. The van der Waals surface area contributed by atoms with Gasteiger partial charge in [-0.1, -0.05) is 146 Å². The molecule has 0 aromatic carbocycles. The number of hydrogen-bond donors (Lipinski definition) is 0. The summed E-state index contributed by atoms with van der Waals surface area (Å²) < 4.78 is 0. The van der Waals surface area contributed by atoms with E-state index in [1.807, 2.05) is 6.08 Å². The van der Waals surface area contributed by atoms with Crippen molar-refractivity contribution in [2.75, 3.05) is 0 Å². The maximum absolute atomic E-state index is 3.97. The SMILES string of the molecule is C=CC=C(C=CC)[Si](C)(CCCCCCCC)CCCCCCCC. The number of allylic oxidation sites excluding steroid dienone is 5. The van der Waals surface area contributed by atoms with E-state index in [0.717, 1.165) is 0 Å². The van der Waals surface area contributed by atoms with Gasteiger partial charge in [0.2, 0.25) is 0 Å². The van der Waals surface area contributed by atoms with Gasteiger partial charge in [-0.3, -0.25) is 0 Å². The molecule has 0 heterocycles. The first-order valence-corrected chi connectivity index (χ1v) is 14.0. The summed E-state index contributed by atoms with van der Waals surface area (Å²) in [6.07, 6.45) is 25.8. The largest absolute Gasteiger partial charge is 0.0991 e. The fraction of sp³-hybridized carbons (Fsp3) is 0.750. The van der Waals surface area contributed by atoms with Gasteiger partial charge in [0.25, 0.3) is 0 Å². The predicted octanol–water partition coefficient (Wildman–Crippen LogP) is 9.01. The lowest BCUT2D eigenvalue weighted by Crippen LogP contribution is -2.32. The Morgan fingerprint density at radius 2 is 1.20 bits per heavy atom. The standard InChI is InChI=1S/C24H46Si/c1-6-10-12-14-16-18-22-25(5,24(20-8-3)21-9-4)23-19-17-15-13-11-7-2/h8-9,20-21H,3,6-7,10-19,22-23H2,1-2,4-5H3. The molecule has 0 rings (SSSR count). The average Bonchev–Trinajstić information content (AvgIpc) is 2.61. The highest BCUT2D eigenvalue weighted by Gasteiger charge is 2.28. The van der Waals surface area contributed by atoms with Crippen LogP contribution in [0.1, 0.15) is 97.8 Å². The second-order valence-corrected chi connectivity index (χ2v) is 12.7. The van der Waals surface area contributed by atoms with Crippen molar-refractivity contribution in [3.8, 4) is 0 Å². The zero-order valence-corrected chi connectivity index (χ0v) is 18.9. The summed E-state index contributed by atoms with van der Waals surface area (Å²) in [6.45, 7) is 13.3. The van der Waals surface area contributed by atoms with Crippen LogP contribution in [-0.2, 0) is 0 Å². The molecule has 0 spiro atoms. The Balaban J connectivity index is 4.57. The Labute approximate surface area is 160 Å². The smallest absolute Gasteiger partial charge is 0.0836 e. The minimum absolute atomic E-state index is 1.35. The molecular weight excluding hydrogens is 316 g/mol. The normalized spacial score (nSPS) is 12.9. The highest BCUT2D eigenvalue weighted by atomic mass is 28.3. The molecule has 0 aliphatic carbocycles. The fourth-order valence-corrected chi connectivity index (χ4v) is 7.75. The summed E-state index contributed by atoms with van der Waals surface area (Å²) in [5.41, 5.74) is 0. The molecule has 0 nitrogen and oxygen atoms in total. The van der Waals surface area contributed by atoms with Crippen LogP contribution in [0.4, 0.5) is 0 Å². The van der Waals surface area contributed by atoms with E-state index in [0.29, 0.717) is 0 Å². The molecule has 146 valence electrons. The fourth-order valence-electron chi connectivity index (χ4n) is 3.77. The Morgan fingerprint density at radius 1 is 0.760 bits per heavy atom. The van der Waals surface area contributed by atoms with Gasteiger partial charge in [0.15, 0.2) is 0 Å². The lowest BCUT2D eigenvalue weighted by molar-refractivity contribution is 0.615. The van der Waals surface area contributed by atoms with Crippen molar-refractivity contribution in [2.45, 2.75) is 116 Å². The van der Waals surface area contributed by atoms with Crippen molar-refractivity contribution in [1.82, 2.24) is 0 Å². The highest BCUT2D eigenvalue weighted by Crippen LogP contribution is 2.31. The van der Waals surface area contributed by atoms with E-state index in [2.05, 4.69) is 52.1 Å². The first-order chi connectivity index (χ1) is 12.1. The van der Waals surface area contributed by atoms with Crippen molar-refractivity contribution in [2.24, 2.45) is 0 Å². The molecule has 0 N–H and O–H groups in total. The Kier molecular flexibility index (Phi) is 16.5. The maximum Gasteiger partial charge on any atom is 0.0836 e. The van der Waals surface area contributed by atoms with Gasteiger partial charge in [0, 0.05) is 0 Å². The maximum atomic E-state index is 3.97. The third-order valence-corrected chi connectivity index (χ3v) is 10.1. The second kappa shape index (κ2) is 16.9. The summed E-state index contributed by atoms with van der Waals surface area (Å²) in [5.74, 6) is 0. The molecule has 0 bridgehead atoms. The van der Waals surface area contributed by atoms with Gasteiger partial charge in [-0.05, 0) is 6.92 Å². The van der Waals surface area contributed by atoms with Crippen LogP contribution in [0.5, 0.6) is 0 Å². The van der Waals surface area contributed by atoms with Gasteiger partial charge in [-0.2, -0.15) is 0 Å². The molecule has 0 saturated carbocycles. The van der Waals surface area contributed by atoms with Gasteiger partial charge in [0.05, 0.1) is 8.07 Å². The molecular formula is C24H46Si. The van der Waals surface area contributed by atoms with Crippen molar-refractivity contribution >= 4 is 8.07 Å². The monoisotopic (exact) mass is 362 g/mol. The van der Waals surface area contributed by atoms with E-state index in [4.69, 9.17) is 0 Å². The first kappa shape index (κ1) is 24.4.